The maximum Gasteiger partial charge on any atom is 0.303 e. The highest BCUT2D eigenvalue weighted by molar-refractivity contribution is 5.67. The van der Waals surface area contributed by atoms with Gasteiger partial charge in [-0.25, -0.2) is 0 Å². The summed E-state index contributed by atoms with van der Waals surface area (Å²) in [5.74, 6) is -0.851. The van der Waals surface area contributed by atoms with E-state index in [-0.39, 0.29) is 17.3 Å². The summed E-state index contributed by atoms with van der Waals surface area (Å²) in [6.07, 6.45) is 2.70. The summed E-state index contributed by atoms with van der Waals surface area (Å²) in [7, 11) is 0. The molecule has 1 saturated carbocycles. The normalized spacial score (nSPS) is 28.3. The molecule has 0 bridgehead atoms. The number of rotatable bonds is 3. The van der Waals surface area contributed by atoms with E-state index in [4.69, 9.17) is 5.11 Å². The molecule has 0 aromatic heterocycles. The van der Waals surface area contributed by atoms with E-state index in [0.717, 1.165) is 12.8 Å². The summed E-state index contributed by atoms with van der Waals surface area (Å²) in [5.41, 5.74) is 0. The summed E-state index contributed by atoms with van der Waals surface area (Å²) in [4.78, 5) is 20.5. The highest BCUT2D eigenvalue weighted by atomic mass is 16.6. The fourth-order valence-corrected chi connectivity index (χ4v) is 1.89. The van der Waals surface area contributed by atoms with Crippen molar-refractivity contribution in [2.75, 3.05) is 0 Å². The second-order valence-electron chi connectivity index (χ2n) is 3.57. The van der Waals surface area contributed by atoms with Crippen LogP contribution in [0.25, 0.3) is 0 Å². The van der Waals surface area contributed by atoms with Crippen LogP contribution in [0.15, 0.2) is 0 Å². The SMILES string of the molecule is O=C(O)CC1CCCC([N+](=O)[O-])C1. The number of hydrogen-bond acceptors (Lipinski definition) is 3. The molecular weight excluding hydrogens is 174 g/mol. The van der Waals surface area contributed by atoms with Crippen LogP contribution in [-0.2, 0) is 4.79 Å². The minimum atomic E-state index is -0.853. The molecule has 2 unspecified atom stereocenters. The Labute approximate surface area is 75.9 Å². The van der Waals surface area contributed by atoms with Gasteiger partial charge in [0, 0.05) is 24.2 Å². The lowest BCUT2D eigenvalue weighted by Crippen LogP contribution is -2.28. The molecule has 0 aliphatic heterocycles. The smallest absolute Gasteiger partial charge is 0.303 e. The van der Waals surface area contributed by atoms with Crippen molar-refractivity contribution in [3.8, 4) is 0 Å². The van der Waals surface area contributed by atoms with E-state index >= 15 is 0 Å². The van der Waals surface area contributed by atoms with E-state index in [9.17, 15) is 14.9 Å². The Kier molecular flexibility index (Phi) is 3.22. The second kappa shape index (κ2) is 4.20. The maximum atomic E-state index is 10.4. The number of aliphatic carboxylic acids is 1. The topological polar surface area (TPSA) is 80.4 Å². The average Bonchev–Trinajstić information content (AvgIpc) is 2.03. The first-order valence-electron chi connectivity index (χ1n) is 4.45. The molecule has 0 aromatic rings. The number of carboxylic acids is 1. The van der Waals surface area contributed by atoms with E-state index in [1.807, 2.05) is 0 Å². The minimum absolute atomic E-state index is 0.00153. The van der Waals surface area contributed by atoms with Crippen LogP contribution in [0.4, 0.5) is 0 Å². The van der Waals surface area contributed by atoms with Gasteiger partial charge in [-0.1, -0.05) is 0 Å². The second-order valence-corrected chi connectivity index (χ2v) is 3.57. The first-order valence-corrected chi connectivity index (χ1v) is 4.45. The van der Waals surface area contributed by atoms with E-state index in [1.54, 1.807) is 0 Å². The average molecular weight is 187 g/mol. The molecule has 0 saturated heterocycles. The van der Waals surface area contributed by atoms with Crippen LogP contribution < -0.4 is 0 Å². The number of hydrogen-bond donors (Lipinski definition) is 1. The lowest BCUT2D eigenvalue weighted by molar-refractivity contribution is -0.527. The summed E-state index contributed by atoms with van der Waals surface area (Å²) >= 11 is 0. The Hall–Kier alpha value is -1.13. The fourth-order valence-electron chi connectivity index (χ4n) is 1.89. The van der Waals surface area contributed by atoms with Gasteiger partial charge < -0.3 is 5.11 Å². The van der Waals surface area contributed by atoms with Gasteiger partial charge in [-0.05, 0) is 18.8 Å². The van der Waals surface area contributed by atoms with Gasteiger partial charge in [0.1, 0.15) is 0 Å². The Bertz CT molecular complexity index is 216. The molecule has 74 valence electrons. The van der Waals surface area contributed by atoms with Crippen molar-refractivity contribution in [1.82, 2.24) is 0 Å². The summed E-state index contributed by atoms with van der Waals surface area (Å²) in [6, 6.07) is -0.516. The highest BCUT2D eigenvalue weighted by Gasteiger charge is 2.30. The van der Waals surface area contributed by atoms with Gasteiger partial charge in [0.25, 0.3) is 0 Å². The molecule has 0 aromatic carbocycles. The Morgan fingerprint density at radius 3 is 2.77 bits per heavy atom. The Morgan fingerprint density at radius 1 is 1.54 bits per heavy atom. The van der Waals surface area contributed by atoms with E-state index in [1.165, 1.54) is 0 Å². The molecule has 1 fully saturated rings. The minimum Gasteiger partial charge on any atom is -0.481 e. The zero-order chi connectivity index (χ0) is 9.84. The lowest BCUT2D eigenvalue weighted by atomic mass is 9.84. The number of nitro groups is 1. The third kappa shape index (κ3) is 3.01. The molecule has 13 heavy (non-hydrogen) atoms. The molecule has 5 nitrogen and oxygen atoms in total. The highest BCUT2D eigenvalue weighted by Crippen LogP contribution is 2.28. The molecule has 0 heterocycles. The molecule has 0 radical (unpaired) electrons. The third-order valence-electron chi connectivity index (χ3n) is 2.52. The van der Waals surface area contributed by atoms with Gasteiger partial charge in [0.2, 0.25) is 6.04 Å². The standard InChI is InChI=1S/C8H13NO4/c10-8(11)5-6-2-1-3-7(4-6)9(12)13/h6-7H,1-5H2,(H,10,11). The molecule has 1 N–H and O–H groups in total. The summed E-state index contributed by atoms with van der Waals surface area (Å²) in [6.45, 7) is 0. The van der Waals surface area contributed by atoms with Crippen LogP contribution in [-0.4, -0.2) is 22.0 Å². The van der Waals surface area contributed by atoms with Crippen LogP contribution in [0.1, 0.15) is 32.1 Å². The molecule has 1 aliphatic carbocycles. The predicted molar refractivity (Wildman–Crippen MR) is 45.0 cm³/mol. The van der Waals surface area contributed by atoms with E-state index in [0.29, 0.717) is 12.8 Å². The van der Waals surface area contributed by atoms with Crippen LogP contribution >= 0.6 is 0 Å². The maximum absolute atomic E-state index is 10.4. The first-order chi connectivity index (χ1) is 6.09. The zero-order valence-corrected chi connectivity index (χ0v) is 7.31. The third-order valence-corrected chi connectivity index (χ3v) is 2.52. The summed E-state index contributed by atoms with van der Waals surface area (Å²) in [5, 5.41) is 19.0. The van der Waals surface area contributed by atoms with E-state index in [2.05, 4.69) is 0 Å². The van der Waals surface area contributed by atoms with Crippen LogP contribution in [0.2, 0.25) is 0 Å². The molecule has 0 spiro atoms. The quantitative estimate of drug-likeness (QED) is 0.533. The molecular formula is C8H13NO4. The zero-order valence-electron chi connectivity index (χ0n) is 7.31. The van der Waals surface area contributed by atoms with Gasteiger partial charge in [0.05, 0.1) is 0 Å². The Morgan fingerprint density at radius 2 is 2.23 bits per heavy atom. The van der Waals surface area contributed by atoms with Gasteiger partial charge in [-0.2, -0.15) is 0 Å². The van der Waals surface area contributed by atoms with Crippen molar-refractivity contribution in [2.45, 2.75) is 38.1 Å². The molecule has 0 amide bonds. The van der Waals surface area contributed by atoms with Crippen molar-refractivity contribution in [3.05, 3.63) is 10.1 Å². The van der Waals surface area contributed by atoms with Gasteiger partial charge in [0.15, 0.2) is 0 Å². The van der Waals surface area contributed by atoms with Crippen molar-refractivity contribution in [3.63, 3.8) is 0 Å². The van der Waals surface area contributed by atoms with Crippen LogP contribution in [0.3, 0.4) is 0 Å². The molecule has 2 atom stereocenters. The van der Waals surface area contributed by atoms with Gasteiger partial charge in [-0.15, -0.1) is 0 Å². The van der Waals surface area contributed by atoms with E-state index < -0.39 is 12.0 Å². The molecule has 1 aliphatic rings. The number of carboxylic acid groups (broad SMARTS) is 1. The van der Waals surface area contributed by atoms with Crippen LogP contribution in [0.5, 0.6) is 0 Å². The summed E-state index contributed by atoms with van der Waals surface area (Å²) < 4.78 is 0. The molecule has 5 heteroatoms. The first kappa shape index (κ1) is 9.95. The van der Waals surface area contributed by atoms with Crippen molar-refractivity contribution in [1.29, 1.82) is 0 Å². The van der Waals surface area contributed by atoms with Gasteiger partial charge in [-0.3, -0.25) is 14.9 Å². The molecule has 1 rings (SSSR count). The fraction of sp³-hybridized carbons (Fsp3) is 0.875. The monoisotopic (exact) mass is 187 g/mol. The lowest BCUT2D eigenvalue weighted by Gasteiger charge is -2.22. The van der Waals surface area contributed by atoms with Crippen molar-refractivity contribution < 1.29 is 14.8 Å². The van der Waals surface area contributed by atoms with Crippen molar-refractivity contribution >= 4 is 5.97 Å². The van der Waals surface area contributed by atoms with Crippen molar-refractivity contribution in [2.24, 2.45) is 5.92 Å². The number of carbonyl (C=O) groups is 1. The van der Waals surface area contributed by atoms with Gasteiger partial charge >= 0.3 is 5.97 Å². The predicted octanol–water partition coefficient (Wildman–Crippen LogP) is 1.30. The Balaban J connectivity index is 2.41. The number of nitrogens with zero attached hydrogens (tertiary/aromatic N) is 1. The van der Waals surface area contributed by atoms with Crippen LogP contribution in [0, 0.1) is 16.0 Å². The largest absolute Gasteiger partial charge is 0.481 e.